The topological polar surface area (TPSA) is 51.6 Å². The third kappa shape index (κ3) is 2.68. The molecule has 3 aromatic rings. The second kappa shape index (κ2) is 5.93. The van der Waals surface area contributed by atoms with Crippen molar-refractivity contribution in [1.29, 1.82) is 0 Å². The van der Waals surface area contributed by atoms with E-state index in [-0.39, 0.29) is 5.75 Å². The third-order valence-corrected chi connectivity index (χ3v) is 3.68. The van der Waals surface area contributed by atoms with E-state index in [0.717, 1.165) is 27.8 Å². The summed E-state index contributed by atoms with van der Waals surface area (Å²) in [7, 11) is 3.19. The zero-order valence-corrected chi connectivity index (χ0v) is 12.5. The number of methoxy groups -OCH3 is 2. The van der Waals surface area contributed by atoms with Crippen LogP contribution in [0.4, 0.5) is 0 Å². The van der Waals surface area contributed by atoms with Crippen LogP contribution in [-0.4, -0.2) is 24.3 Å². The minimum atomic E-state index is 0.124. The first-order valence-electron chi connectivity index (χ1n) is 6.99. The van der Waals surface area contributed by atoms with Crippen LogP contribution in [0.2, 0.25) is 0 Å². The predicted molar refractivity (Wildman–Crippen MR) is 85.8 cm³/mol. The zero-order chi connectivity index (χ0) is 15.5. The van der Waals surface area contributed by atoms with Crippen LogP contribution in [0.5, 0.6) is 17.2 Å². The van der Waals surface area contributed by atoms with Crippen LogP contribution in [0.15, 0.2) is 48.7 Å². The van der Waals surface area contributed by atoms with Crippen LogP contribution in [0, 0.1) is 0 Å². The van der Waals surface area contributed by atoms with Gasteiger partial charge in [-0.2, -0.15) is 0 Å². The van der Waals surface area contributed by atoms with E-state index in [9.17, 15) is 5.11 Å². The number of nitrogens with zero attached hydrogens (tertiary/aromatic N) is 1. The highest BCUT2D eigenvalue weighted by Crippen LogP contribution is 2.32. The fraction of sp³-hybridized carbons (Fsp3) is 0.167. The number of aromatic nitrogens is 1. The number of fused-ring (bicyclic) bond motifs is 1. The highest BCUT2D eigenvalue weighted by Gasteiger charge is 2.09. The van der Waals surface area contributed by atoms with Crippen LogP contribution in [-0.2, 0) is 6.42 Å². The van der Waals surface area contributed by atoms with Crippen molar-refractivity contribution in [3.63, 3.8) is 0 Å². The molecule has 0 saturated heterocycles. The summed E-state index contributed by atoms with van der Waals surface area (Å²) in [4.78, 5) is 4.46. The van der Waals surface area contributed by atoms with Gasteiger partial charge in [0.1, 0.15) is 5.75 Å². The highest BCUT2D eigenvalue weighted by atomic mass is 16.5. The van der Waals surface area contributed by atoms with E-state index in [4.69, 9.17) is 9.47 Å². The van der Waals surface area contributed by atoms with Crippen molar-refractivity contribution >= 4 is 10.8 Å². The van der Waals surface area contributed by atoms with Crippen LogP contribution >= 0.6 is 0 Å². The zero-order valence-electron chi connectivity index (χ0n) is 12.5. The lowest BCUT2D eigenvalue weighted by atomic mass is 10.0. The van der Waals surface area contributed by atoms with Gasteiger partial charge in [0.25, 0.3) is 0 Å². The quantitative estimate of drug-likeness (QED) is 0.799. The summed E-state index contributed by atoms with van der Waals surface area (Å²) in [6, 6.07) is 13.3. The second-order valence-electron chi connectivity index (χ2n) is 5.03. The lowest BCUT2D eigenvalue weighted by Crippen LogP contribution is -1.95. The molecule has 1 heterocycles. The van der Waals surface area contributed by atoms with Crippen molar-refractivity contribution in [2.24, 2.45) is 0 Å². The summed E-state index contributed by atoms with van der Waals surface area (Å²) in [6.07, 6.45) is 2.46. The number of hydrogen-bond donors (Lipinski definition) is 1. The summed E-state index contributed by atoms with van der Waals surface area (Å²) in [5.41, 5.74) is 2.05. The molecule has 0 aliphatic carbocycles. The number of aromatic hydroxyl groups is 1. The van der Waals surface area contributed by atoms with E-state index in [2.05, 4.69) is 4.98 Å². The summed E-state index contributed by atoms with van der Waals surface area (Å²) >= 11 is 0. The van der Waals surface area contributed by atoms with E-state index in [0.29, 0.717) is 12.2 Å². The molecule has 0 amide bonds. The lowest BCUT2D eigenvalue weighted by Gasteiger charge is -2.09. The molecule has 0 unspecified atom stereocenters. The first-order valence-corrected chi connectivity index (χ1v) is 6.99. The van der Waals surface area contributed by atoms with E-state index >= 15 is 0 Å². The van der Waals surface area contributed by atoms with Gasteiger partial charge in [-0.25, -0.2) is 0 Å². The van der Waals surface area contributed by atoms with Crippen LogP contribution in [0.1, 0.15) is 11.3 Å². The number of phenolic OH excluding ortho intramolecular Hbond substituents is 1. The first kappa shape index (κ1) is 14.2. The summed E-state index contributed by atoms with van der Waals surface area (Å²) in [5.74, 6) is 1.42. The molecule has 0 saturated carbocycles. The maximum Gasteiger partial charge on any atom is 0.161 e. The molecule has 4 heteroatoms. The van der Waals surface area contributed by atoms with E-state index in [1.165, 1.54) is 0 Å². The standard InChI is InChI=1S/C18H17NO3/c1-21-14-5-3-12(4-6-14)9-16-15-11-17(20)18(22-2)10-13(15)7-8-19-16/h3-8,10-11,20H,9H2,1-2H3. The summed E-state index contributed by atoms with van der Waals surface area (Å²) in [5, 5.41) is 11.9. The van der Waals surface area contributed by atoms with Crippen molar-refractivity contribution in [2.75, 3.05) is 14.2 Å². The van der Waals surface area contributed by atoms with Gasteiger partial charge in [0, 0.05) is 18.0 Å². The second-order valence-corrected chi connectivity index (χ2v) is 5.03. The molecule has 0 fully saturated rings. The molecule has 0 bridgehead atoms. The van der Waals surface area contributed by atoms with Crippen LogP contribution in [0.3, 0.4) is 0 Å². The molecule has 0 aliphatic heterocycles. The Balaban J connectivity index is 2.00. The number of phenols is 1. The van der Waals surface area contributed by atoms with E-state index in [1.807, 2.05) is 36.4 Å². The van der Waals surface area contributed by atoms with Gasteiger partial charge in [0.2, 0.25) is 0 Å². The average molecular weight is 295 g/mol. The number of pyridine rings is 1. The molecule has 0 aliphatic rings. The van der Waals surface area contributed by atoms with Gasteiger partial charge in [-0.3, -0.25) is 4.98 Å². The molecule has 1 N–H and O–H groups in total. The Labute approximate surface area is 129 Å². The van der Waals surface area contributed by atoms with Crippen molar-refractivity contribution < 1.29 is 14.6 Å². The maximum absolute atomic E-state index is 10.00. The molecule has 1 aromatic heterocycles. The molecule has 112 valence electrons. The maximum atomic E-state index is 10.00. The van der Waals surface area contributed by atoms with Crippen molar-refractivity contribution in [3.05, 3.63) is 59.9 Å². The molecule has 2 aromatic carbocycles. The normalized spacial score (nSPS) is 10.6. The van der Waals surface area contributed by atoms with Crippen LogP contribution in [0.25, 0.3) is 10.8 Å². The molecule has 0 radical (unpaired) electrons. The Bertz CT molecular complexity index is 797. The number of rotatable bonds is 4. The van der Waals surface area contributed by atoms with E-state index < -0.39 is 0 Å². The molecule has 22 heavy (non-hydrogen) atoms. The summed E-state index contributed by atoms with van der Waals surface area (Å²) < 4.78 is 10.3. The Morgan fingerprint density at radius 1 is 1.00 bits per heavy atom. The Morgan fingerprint density at radius 2 is 1.77 bits per heavy atom. The molecular formula is C18H17NO3. The minimum absolute atomic E-state index is 0.124. The van der Waals surface area contributed by atoms with E-state index in [1.54, 1.807) is 26.5 Å². The fourth-order valence-electron chi connectivity index (χ4n) is 2.49. The van der Waals surface area contributed by atoms with Gasteiger partial charge in [0.05, 0.1) is 19.9 Å². The third-order valence-electron chi connectivity index (χ3n) is 3.68. The summed E-state index contributed by atoms with van der Waals surface area (Å²) in [6.45, 7) is 0. The molecule has 3 rings (SSSR count). The van der Waals surface area contributed by atoms with Gasteiger partial charge >= 0.3 is 0 Å². The fourth-order valence-corrected chi connectivity index (χ4v) is 2.49. The molecule has 4 nitrogen and oxygen atoms in total. The number of ether oxygens (including phenoxy) is 2. The number of hydrogen-bond acceptors (Lipinski definition) is 4. The van der Waals surface area contributed by atoms with Crippen molar-refractivity contribution in [1.82, 2.24) is 4.98 Å². The lowest BCUT2D eigenvalue weighted by molar-refractivity contribution is 0.374. The Hall–Kier alpha value is -2.75. The van der Waals surface area contributed by atoms with Crippen LogP contribution < -0.4 is 9.47 Å². The largest absolute Gasteiger partial charge is 0.504 e. The van der Waals surface area contributed by atoms with Gasteiger partial charge in [0.15, 0.2) is 11.5 Å². The highest BCUT2D eigenvalue weighted by molar-refractivity contribution is 5.88. The Morgan fingerprint density at radius 3 is 2.45 bits per heavy atom. The predicted octanol–water partition coefficient (Wildman–Crippen LogP) is 3.55. The Kier molecular flexibility index (Phi) is 3.83. The number of benzene rings is 2. The van der Waals surface area contributed by atoms with Crippen molar-refractivity contribution in [2.45, 2.75) is 6.42 Å². The van der Waals surface area contributed by atoms with Gasteiger partial charge in [-0.1, -0.05) is 12.1 Å². The van der Waals surface area contributed by atoms with Gasteiger partial charge in [-0.05, 0) is 41.3 Å². The smallest absolute Gasteiger partial charge is 0.161 e. The molecule has 0 atom stereocenters. The minimum Gasteiger partial charge on any atom is -0.504 e. The average Bonchev–Trinajstić information content (AvgIpc) is 2.55. The monoisotopic (exact) mass is 295 g/mol. The van der Waals surface area contributed by atoms with Gasteiger partial charge < -0.3 is 14.6 Å². The molecule has 0 spiro atoms. The SMILES string of the molecule is COc1ccc(Cc2nccc3cc(OC)c(O)cc23)cc1. The molecular weight excluding hydrogens is 278 g/mol. The first-order chi connectivity index (χ1) is 10.7. The van der Waals surface area contributed by atoms with Gasteiger partial charge in [-0.15, -0.1) is 0 Å². The van der Waals surface area contributed by atoms with Crippen molar-refractivity contribution in [3.8, 4) is 17.2 Å².